The zero-order chi connectivity index (χ0) is 12.8. The number of halogens is 2. The molecule has 0 fully saturated rings. The molecule has 1 aromatic carbocycles. The molecule has 3 nitrogen and oxygen atoms in total. The number of hydrogen-bond donors (Lipinski definition) is 0. The maximum Gasteiger partial charge on any atom is 0.261 e. The number of aromatic nitrogens is 1. The van der Waals surface area contributed by atoms with Crippen molar-refractivity contribution < 1.29 is 18.3 Å². The quantitative estimate of drug-likeness (QED) is 0.742. The van der Waals surface area contributed by atoms with Gasteiger partial charge in [0, 0.05) is 11.6 Å². The highest BCUT2D eigenvalue weighted by molar-refractivity contribution is 5.84. The van der Waals surface area contributed by atoms with Crippen LogP contribution in [0.1, 0.15) is 0 Å². The Hall–Kier alpha value is -1.75. The largest absolute Gasteiger partial charge is 0.489 e. The summed E-state index contributed by atoms with van der Waals surface area (Å²) in [4.78, 5) is 4.22. The lowest BCUT2D eigenvalue weighted by Gasteiger charge is -2.08. The standard InChI is InChI=1S/C13H13F2NO2/c14-12(15)9-17-7-8-18-11-5-1-3-10-4-2-6-16-13(10)11/h1-6,12H,7-9H2. The van der Waals surface area contributed by atoms with Crippen LogP contribution in [-0.4, -0.2) is 31.2 Å². The number of hydrogen-bond acceptors (Lipinski definition) is 3. The topological polar surface area (TPSA) is 31.4 Å². The van der Waals surface area contributed by atoms with E-state index in [4.69, 9.17) is 9.47 Å². The number of alkyl halides is 2. The third-order valence-electron chi connectivity index (χ3n) is 2.32. The fraction of sp³-hybridized carbons (Fsp3) is 0.308. The van der Waals surface area contributed by atoms with E-state index in [2.05, 4.69) is 4.98 Å². The number of fused-ring (bicyclic) bond motifs is 1. The summed E-state index contributed by atoms with van der Waals surface area (Å²) in [5.74, 6) is 0.633. The number of rotatable bonds is 6. The van der Waals surface area contributed by atoms with E-state index in [1.807, 2.05) is 24.3 Å². The molecule has 0 aliphatic carbocycles. The van der Waals surface area contributed by atoms with E-state index in [9.17, 15) is 8.78 Å². The molecule has 0 aliphatic heterocycles. The van der Waals surface area contributed by atoms with E-state index in [0.717, 1.165) is 10.9 Å². The first-order valence-electron chi connectivity index (χ1n) is 5.60. The maximum atomic E-state index is 11.8. The van der Waals surface area contributed by atoms with Crippen molar-refractivity contribution in [2.75, 3.05) is 19.8 Å². The molecule has 0 saturated heterocycles. The van der Waals surface area contributed by atoms with Crippen LogP contribution in [-0.2, 0) is 4.74 Å². The average molecular weight is 253 g/mol. The molecule has 1 aromatic heterocycles. The highest BCUT2D eigenvalue weighted by Crippen LogP contribution is 2.22. The van der Waals surface area contributed by atoms with Crippen molar-refractivity contribution in [2.45, 2.75) is 6.43 Å². The summed E-state index contributed by atoms with van der Waals surface area (Å²) in [6.45, 7) is -0.201. The summed E-state index contributed by atoms with van der Waals surface area (Å²) >= 11 is 0. The van der Waals surface area contributed by atoms with Gasteiger partial charge in [0.05, 0.1) is 6.61 Å². The molecule has 0 amide bonds. The Labute approximate surface area is 103 Å². The fourth-order valence-corrected chi connectivity index (χ4v) is 1.58. The van der Waals surface area contributed by atoms with Gasteiger partial charge in [-0.2, -0.15) is 0 Å². The van der Waals surface area contributed by atoms with E-state index in [0.29, 0.717) is 5.75 Å². The van der Waals surface area contributed by atoms with Crippen LogP contribution in [0.15, 0.2) is 36.5 Å². The minimum absolute atomic E-state index is 0.133. The molecule has 96 valence electrons. The van der Waals surface area contributed by atoms with Crippen molar-refractivity contribution in [3.63, 3.8) is 0 Å². The van der Waals surface area contributed by atoms with Crippen LogP contribution < -0.4 is 4.74 Å². The molecule has 0 atom stereocenters. The van der Waals surface area contributed by atoms with E-state index in [-0.39, 0.29) is 13.2 Å². The first kappa shape index (κ1) is 12.7. The lowest BCUT2D eigenvalue weighted by Crippen LogP contribution is -2.11. The highest BCUT2D eigenvalue weighted by atomic mass is 19.3. The molecule has 2 aromatic rings. The Morgan fingerprint density at radius 2 is 1.94 bits per heavy atom. The summed E-state index contributed by atoms with van der Waals surface area (Å²) in [5, 5.41) is 0.975. The molecular weight excluding hydrogens is 240 g/mol. The molecule has 2 rings (SSSR count). The van der Waals surface area contributed by atoms with Crippen LogP contribution in [0, 0.1) is 0 Å². The summed E-state index contributed by atoms with van der Waals surface area (Å²) in [6, 6.07) is 9.37. The Morgan fingerprint density at radius 1 is 1.11 bits per heavy atom. The number of ether oxygens (including phenoxy) is 2. The maximum absolute atomic E-state index is 11.8. The average Bonchev–Trinajstić information content (AvgIpc) is 2.38. The van der Waals surface area contributed by atoms with Gasteiger partial charge in [0.2, 0.25) is 0 Å². The van der Waals surface area contributed by atoms with E-state index in [1.54, 1.807) is 12.3 Å². The molecule has 0 bridgehead atoms. The second-order valence-corrected chi connectivity index (χ2v) is 3.65. The third kappa shape index (κ3) is 3.37. The lowest BCUT2D eigenvalue weighted by molar-refractivity contribution is 0.00775. The van der Waals surface area contributed by atoms with Crippen molar-refractivity contribution in [2.24, 2.45) is 0 Å². The lowest BCUT2D eigenvalue weighted by atomic mass is 10.2. The first-order valence-corrected chi connectivity index (χ1v) is 5.60. The van der Waals surface area contributed by atoms with Crippen LogP contribution >= 0.6 is 0 Å². The van der Waals surface area contributed by atoms with Crippen LogP contribution in [0.5, 0.6) is 5.75 Å². The summed E-state index contributed by atoms with van der Waals surface area (Å²) in [7, 11) is 0. The Kier molecular flexibility index (Phi) is 4.41. The number of pyridine rings is 1. The Bertz CT molecular complexity index is 500. The second kappa shape index (κ2) is 6.26. The number of para-hydroxylation sites is 1. The Morgan fingerprint density at radius 3 is 2.78 bits per heavy atom. The van der Waals surface area contributed by atoms with Gasteiger partial charge in [-0.25, -0.2) is 8.78 Å². The van der Waals surface area contributed by atoms with Gasteiger partial charge in [0.25, 0.3) is 6.43 Å². The minimum Gasteiger partial charge on any atom is -0.489 e. The van der Waals surface area contributed by atoms with Crippen molar-refractivity contribution >= 4 is 10.9 Å². The minimum atomic E-state index is -2.44. The van der Waals surface area contributed by atoms with Gasteiger partial charge in [-0.05, 0) is 12.1 Å². The van der Waals surface area contributed by atoms with Gasteiger partial charge >= 0.3 is 0 Å². The van der Waals surface area contributed by atoms with Crippen LogP contribution in [0.3, 0.4) is 0 Å². The van der Waals surface area contributed by atoms with Gasteiger partial charge in [-0.3, -0.25) is 4.98 Å². The van der Waals surface area contributed by atoms with Crippen molar-refractivity contribution in [1.29, 1.82) is 0 Å². The molecule has 18 heavy (non-hydrogen) atoms. The van der Waals surface area contributed by atoms with Gasteiger partial charge in [-0.1, -0.05) is 18.2 Å². The Balaban J connectivity index is 1.91. The van der Waals surface area contributed by atoms with Crippen molar-refractivity contribution in [3.8, 4) is 5.75 Å². The predicted molar refractivity (Wildman–Crippen MR) is 64.1 cm³/mol. The van der Waals surface area contributed by atoms with E-state index < -0.39 is 13.0 Å². The molecular formula is C13H13F2NO2. The SMILES string of the molecule is FC(F)COCCOc1cccc2cccnc12. The summed E-state index contributed by atoms with van der Waals surface area (Å²) in [6.07, 6.45) is -0.758. The molecule has 1 heterocycles. The molecule has 0 radical (unpaired) electrons. The van der Waals surface area contributed by atoms with E-state index >= 15 is 0 Å². The fourth-order valence-electron chi connectivity index (χ4n) is 1.58. The van der Waals surface area contributed by atoms with Gasteiger partial charge in [-0.15, -0.1) is 0 Å². The zero-order valence-corrected chi connectivity index (χ0v) is 9.68. The molecule has 0 spiro atoms. The molecule has 0 N–H and O–H groups in total. The van der Waals surface area contributed by atoms with E-state index in [1.165, 1.54) is 0 Å². The van der Waals surface area contributed by atoms with Crippen LogP contribution in [0.4, 0.5) is 8.78 Å². The smallest absolute Gasteiger partial charge is 0.261 e. The molecule has 0 unspecified atom stereocenters. The zero-order valence-electron chi connectivity index (χ0n) is 9.68. The number of benzene rings is 1. The normalized spacial score (nSPS) is 11.1. The molecule has 0 saturated carbocycles. The molecule has 0 aliphatic rings. The monoisotopic (exact) mass is 253 g/mol. The second-order valence-electron chi connectivity index (χ2n) is 3.65. The highest BCUT2D eigenvalue weighted by Gasteiger charge is 2.04. The summed E-state index contributed by atoms with van der Waals surface area (Å²) < 4.78 is 33.8. The third-order valence-corrected chi connectivity index (χ3v) is 2.32. The molecule has 5 heteroatoms. The van der Waals surface area contributed by atoms with Crippen molar-refractivity contribution in [1.82, 2.24) is 4.98 Å². The van der Waals surface area contributed by atoms with Gasteiger partial charge < -0.3 is 9.47 Å². The number of nitrogens with zero attached hydrogens (tertiary/aromatic N) is 1. The first-order chi connectivity index (χ1) is 8.77. The van der Waals surface area contributed by atoms with Gasteiger partial charge in [0.15, 0.2) is 0 Å². The van der Waals surface area contributed by atoms with Crippen LogP contribution in [0.25, 0.3) is 10.9 Å². The van der Waals surface area contributed by atoms with Gasteiger partial charge in [0.1, 0.15) is 24.5 Å². The van der Waals surface area contributed by atoms with Crippen LogP contribution in [0.2, 0.25) is 0 Å². The van der Waals surface area contributed by atoms with Crippen molar-refractivity contribution in [3.05, 3.63) is 36.5 Å². The summed E-state index contributed by atoms with van der Waals surface area (Å²) in [5.41, 5.74) is 0.758. The predicted octanol–water partition coefficient (Wildman–Crippen LogP) is 2.90.